The number of hydrogen-bond donors (Lipinski definition) is 1. The largest absolute Gasteiger partial charge is 0.380 e. The zero-order valence-electron chi connectivity index (χ0n) is 14.4. The molecule has 1 aromatic rings. The minimum absolute atomic E-state index is 0.282. The summed E-state index contributed by atoms with van der Waals surface area (Å²) in [4.78, 5) is 0. The van der Waals surface area contributed by atoms with Crippen molar-refractivity contribution >= 4 is 0 Å². The highest BCUT2D eigenvalue weighted by Crippen LogP contribution is 2.06. The molecule has 21 heavy (non-hydrogen) atoms. The third-order valence-electron chi connectivity index (χ3n) is 2.71. The van der Waals surface area contributed by atoms with Crippen LogP contribution in [-0.2, 0) is 22.6 Å². The van der Waals surface area contributed by atoms with E-state index in [1.54, 1.807) is 0 Å². The van der Waals surface area contributed by atoms with Crippen molar-refractivity contribution in [3.8, 4) is 0 Å². The Labute approximate surface area is 131 Å². The van der Waals surface area contributed by atoms with Gasteiger partial charge in [0.15, 0.2) is 0 Å². The maximum atomic E-state index is 5.57. The molecule has 0 aliphatic rings. The van der Waals surface area contributed by atoms with Crippen molar-refractivity contribution in [2.45, 2.75) is 60.3 Å². The Morgan fingerprint density at radius 2 is 1.62 bits per heavy atom. The summed E-state index contributed by atoms with van der Waals surface area (Å²) >= 11 is 0. The van der Waals surface area contributed by atoms with Crippen LogP contribution in [0.2, 0.25) is 0 Å². The van der Waals surface area contributed by atoms with Gasteiger partial charge in [-0.2, -0.15) is 0 Å². The monoisotopic (exact) mass is 295 g/mol. The fourth-order valence-electron chi connectivity index (χ4n) is 1.64. The van der Waals surface area contributed by atoms with Gasteiger partial charge in [-0.1, -0.05) is 45.0 Å². The number of rotatable bonds is 10. The predicted molar refractivity (Wildman–Crippen MR) is 90.5 cm³/mol. The number of ether oxygens (including phenoxy) is 2. The quantitative estimate of drug-likeness (QED) is 0.658. The van der Waals surface area contributed by atoms with E-state index in [9.17, 15) is 0 Å². The van der Waals surface area contributed by atoms with Gasteiger partial charge in [0.1, 0.15) is 0 Å². The lowest BCUT2D eigenvalue weighted by Crippen LogP contribution is -2.19. The van der Waals surface area contributed by atoms with E-state index in [1.165, 1.54) is 11.1 Å². The molecule has 0 aliphatic carbocycles. The lowest BCUT2D eigenvalue weighted by atomic mass is 10.1. The summed E-state index contributed by atoms with van der Waals surface area (Å²) < 4.78 is 11.0. The summed E-state index contributed by atoms with van der Waals surface area (Å²) in [7, 11) is 0. The van der Waals surface area contributed by atoms with Gasteiger partial charge in [-0.3, -0.25) is 0 Å². The molecule has 0 fully saturated rings. The molecule has 0 radical (unpaired) electrons. The van der Waals surface area contributed by atoms with E-state index in [0.29, 0.717) is 6.61 Å². The van der Waals surface area contributed by atoms with Gasteiger partial charge in [-0.15, -0.1) is 0 Å². The van der Waals surface area contributed by atoms with E-state index >= 15 is 0 Å². The molecule has 3 nitrogen and oxygen atoms in total. The molecule has 0 heterocycles. The van der Waals surface area contributed by atoms with Crippen LogP contribution in [0.1, 0.15) is 52.2 Å². The molecule has 0 unspecified atom stereocenters. The molecule has 1 aromatic carbocycles. The lowest BCUT2D eigenvalue weighted by molar-refractivity contribution is 0.0657. The van der Waals surface area contributed by atoms with E-state index in [1.807, 2.05) is 13.8 Å². The molecule has 0 saturated carbocycles. The van der Waals surface area contributed by atoms with E-state index in [-0.39, 0.29) is 6.10 Å². The van der Waals surface area contributed by atoms with Crippen LogP contribution < -0.4 is 5.32 Å². The molecule has 0 aliphatic heterocycles. The maximum absolute atomic E-state index is 5.57. The van der Waals surface area contributed by atoms with Crippen LogP contribution in [0, 0.1) is 0 Å². The summed E-state index contributed by atoms with van der Waals surface area (Å²) in [6.45, 7) is 14.4. The fraction of sp³-hybridized carbons (Fsp3) is 0.667. The average Bonchev–Trinajstić information content (AvgIpc) is 2.52. The smallest absolute Gasteiger partial charge is 0.0720 e. The Bertz CT molecular complexity index is 322. The molecule has 1 rings (SSSR count). The Balaban J connectivity index is 0.00000191. The number of hydrogen-bond acceptors (Lipinski definition) is 3. The van der Waals surface area contributed by atoms with Crippen molar-refractivity contribution in [1.29, 1.82) is 0 Å². The van der Waals surface area contributed by atoms with Gasteiger partial charge in [0, 0.05) is 19.7 Å². The zero-order chi connectivity index (χ0) is 15.9. The van der Waals surface area contributed by atoms with Gasteiger partial charge >= 0.3 is 0 Å². The van der Waals surface area contributed by atoms with E-state index in [4.69, 9.17) is 9.47 Å². The van der Waals surface area contributed by atoms with Gasteiger partial charge in [-0.05, 0) is 31.4 Å². The van der Waals surface area contributed by atoms with Crippen LogP contribution in [-0.4, -0.2) is 25.9 Å². The SMILES string of the molecule is CC.CCCOCCNCc1ccc(COC(C)C)cc1. The van der Waals surface area contributed by atoms with Crippen molar-refractivity contribution in [2.24, 2.45) is 0 Å². The second-order valence-electron chi connectivity index (χ2n) is 4.97. The van der Waals surface area contributed by atoms with Gasteiger partial charge in [0.25, 0.3) is 0 Å². The second-order valence-corrected chi connectivity index (χ2v) is 4.97. The van der Waals surface area contributed by atoms with Crippen LogP contribution in [0.15, 0.2) is 24.3 Å². The van der Waals surface area contributed by atoms with E-state index in [2.05, 4.69) is 50.4 Å². The highest BCUT2D eigenvalue weighted by Gasteiger charge is 1.97. The second kappa shape index (κ2) is 14.1. The van der Waals surface area contributed by atoms with Crippen molar-refractivity contribution in [1.82, 2.24) is 5.32 Å². The Hall–Kier alpha value is -0.900. The summed E-state index contributed by atoms with van der Waals surface area (Å²) in [5.74, 6) is 0. The molecule has 0 atom stereocenters. The standard InChI is InChI=1S/C16H27NO2.C2H6/c1-4-10-18-11-9-17-12-15-5-7-16(8-6-15)13-19-14(2)3;1-2/h5-8,14,17H,4,9-13H2,1-3H3;1-2H3. The molecule has 0 saturated heterocycles. The molecule has 0 spiro atoms. The molecule has 122 valence electrons. The minimum atomic E-state index is 0.282. The summed E-state index contributed by atoms with van der Waals surface area (Å²) in [6.07, 6.45) is 1.37. The van der Waals surface area contributed by atoms with Crippen molar-refractivity contribution in [2.75, 3.05) is 19.8 Å². The third-order valence-corrected chi connectivity index (χ3v) is 2.71. The molecule has 3 heteroatoms. The van der Waals surface area contributed by atoms with E-state index in [0.717, 1.165) is 32.7 Å². The first kappa shape index (κ1) is 20.1. The topological polar surface area (TPSA) is 30.5 Å². The predicted octanol–water partition coefficient (Wildman–Crippen LogP) is 4.15. The van der Waals surface area contributed by atoms with E-state index < -0.39 is 0 Å². The zero-order valence-corrected chi connectivity index (χ0v) is 14.4. The normalized spacial score (nSPS) is 10.4. The van der Waals surface area contributed by atoms with Crippen LogP contribution >= 0.6 is 0 Å². The fourth-order valence-corrected chi connectivity index (χ4v) is 1.64. The highest BCUT2D eigenvalue weighted by molar-refractivity contribution is 5.21. The first-order valence-corrected chi connectivity index (χ1v) is 8.20. The van der Waals surface area contributed by atoms with Gasteiger partial charge in [0.05, 0.1) is 19.3 Å². The molecule has 0 amide bonds. The Kier molecular flexibility index (Phi) is 13.5. The van der Waals surface area contributed by atoms with Gasteiger partial charge in [-0.25, -0.2) is 0 Å². The van der Waals surface area contributed by atoms with Crippen molar-refractivity contribution < 1.29 is 9.47 Å². The number of nitrogens with one attached hydrogen (secondary N) is 1. The first-order chi connectivity index (χ1) is 10.2. The van der Waals surface area contributed by atoms with Gasteiger partial charge in [0.2, 0.25) is 0 Å². The molecule has 0 bridgehead atoms. The summed E-state index contributed by atoms with van der Waals surface area (Å²) in [5.41, 5.74) is 2.52. The molecule has 0 aromatic heterocycles. The summed E-state index contributed by atoms with van der Waals surface area (Å²) in [5, 5.41) is 3.37. The molecular weight excluding hydrogens is 262 g/mol. The first-order valence-electron chi connectivity index (χ1n) is 8.20. The van der Waals surface area contributed by atoms with Gasteiger partial charge < -0.3 is 14.8 Å². The highest BCUT2D eigenvalue weighted by atomic mass is 16.5. The molecular formula is C18H33NO2. The lowest BCUT2D eigenvalue weighted by Gasteiger charge is -2.09. The van der Waals surface area contributed by atoms with Crippen LogP contribution in [0.5, 0.6) is 0 Å². The van der Waals surface area contributed by atoms with Crippen molar-refractivity contribution in [3.05, 3.63) is 35.4 Å². The summed E-state index contributed by atoms with van der Waals surface area (Å²) in [6, 6.07) is 8.57. The Morgan fingerprint density at radius 3 is 2.19 bits per heavy atom. The van der Waals surface area contributed by atoms with Crippen LogP contribution in [0.25, 0.3) is 0 Å². The van der Waals surface area contributed by atoms with Crippen LogP contribution in [0.4, 0.5) is 0 Å². The number of benzene rings is 1. The maximum Gasteiger partial charge on any atom is 0.0720 e. The molecule has 1 N–H and O–H groups in total. The Morgan fingerprint density at radius 1 is 1.00 bits per heavy atom. The van der Waals surface area contributed by atoms with Crippen molar-refractivity contribution in [3.63, 3.8) is 0 Å². The average molecular weight is 295 g/mol. The third kappa shape index (κ3) is 11.4. The minimum Gasteiger partial charge on any atom is -0.380 e. The van der Waals surface area contributed by atoms with Crippen LogP contribution in [0.3, 0.4) is 0 Å².